The highest BCUT2D eigenvalue weighted by molar-refractivity contribution is 5.97. The van der Waals surface area contributed by atoms with E-state index in [-0.39, 0.29) is 0 Å². The van der Waals surface area contributed by atoms with Crippen molar-refractivity contribution in [2.45, 2.75) is 0 Å². The number of hydrogen-bond donors (Lipinski definition) is 0. The van der Waals surface area contributed by atoms with E-state index in [1.165, 1.54) is 0 Å². The molecule has 3 heteroatoms. The van der Waals surface area contributed by atoms with Gasteiger partial charge < -0.3 is 0 Å². The van der Waals surface area contributed by atoms with Gasteiger partial charge in [-0.15, -0.1) is 0 Å². The lowest BCUT2D eigenvalue weighted by atomic mass is 10.2. The van der Waals surface area contributed by atoms with E-state index in [2.05, 4.69) is 22.2 Å². The van der Waals surface area contributed by atoms with E-state index in [0.29, 0.717) is 0 Å². The molecule has 4 aromatic rings. The van der Waals surface area contributed by atoms with E-state index in [0.717, 1.165) is 27.5 Å². The average Bonchev–Trinajstić information content (AvgIpc) is 2.78. The zero-order chi connectivity index (χ0) is 11.2. The minimum Gasteiger partial charge on any atom is -0.226 e. The van der Waals surface area contributed by atoms with Crippen LogP contribution in [0.25, 0.3) is 27.5 Å². The van der Waals surface area contributed by atoms with Gasteiger partial charge in [-0.2, -0.15) is 5.10 Å². The number of hydrogen-bond acceptors (Lipinski definition) is 2. The van der Waals surface area contributed by atoms with Crippen LogP contribution in [0.4, 0.5) is 0 Å². The van der Waals surface area contributed by atoms with Gasteiger partial charge >= 0.3 is 0 Å². The van der Waals surface area contributed by atoms with Gasteiger partial charge in [-0.05, 0) is 12.1 Å². The lowest BCUT2D eigenvalue weighted by molar-refractivity contribution is 0.979. The molecule has 4 rings (SSSR count). The Morgan fingerprint density at radius 2 is 1.71 bits per heavy atom. The van der Waals surface area contributed by atoms with Crippen molar-refractivity contribution in [2.75, 3.05) is 0 Å². The Morgan fingerprint density at radius 1 is 0.882 bits per heavy atom. The van der Waals surface area contributed by atoms with Gasteiger partial charge in [-0.3, -0.25) is 0 Å². The number of para-hydroxylation sites is 2. The molecule has 3 nitrogen and oxygen atoms in total. The molecule has 0 radical (unpaired) electrons. The van der Waals surface area contributed by atoms with Crippen molar-refractivity contribution in [3.05, 3.63) is 54.7 Å². The first-order valence-corrected chi connectivity index (χ1v) is 5.55. The van der Waals surface area contributed by atoms with Gasteiger partial charge in [0.25, 0.3) is 0 Å². The monoisotopic (exact) mass is 219 g/mol. The Balaban J connectivity index is 2.34. The average molecular weight is 219 g/mol. The maximum absolute atomic E-state index is 4.64. The molecule has 2 aromatic carbocycles. The third-order valence-electron chi connectivity index (χ3n) is 3.05. The summed E-state index contributed by atoms with van der Waals surface area (Å²) in [6.45, 7) is 0. The summed E-state index contributed by atoms with van der Waals surface area (Å²) in [5.41, 5.74) is 2.95. The number of imidazole rings is 1. The van der Waals surface area contributed by atoms with Crippen molar-refractivity contribution in [3.8, 4) is 0 Å². The molecule has 0 aliphatic carbocycles. The lowest BCUT2D eigenvalue weighted by Gasteiger charge is -1.98. The van der Waals surface area contributed by atoms with Crippen LogP contribution >= 0.6 is 0 Å². The molecule has 0 aliphatic heterocycles. The minimum absolute atomic E-state index is 0.921. The van der Waals surface area contributed by atoms with E-state index in [4.69, 9.17) is 0 Å². The Kier molecular flexibility index (Phi) is 1.56. The second kappa shape index (κ2) is 3.04. The first-order chi connectivity index (χ1) is 8.43. The SMILES string of the molecule is c1ccc2c(c1)cnn1c3ccccc3nc21. The number of rotatable bonds is 0. The maximum Gasteiger partial charge on any atom is 0.162 e. The summed E-state index contributed by atoms with van der Waals surface area (Å²) >= 11 is 0. The highest BCUT2D eigenvalue weighted by Gasteiger charge is 2.07. The van der Waals surface area contributed by atoms with E-state index < -0.39 is 0 Å². The van der Waals surface area contributed by atoms with Crippen LogP contribution in [0.2, 0.25) is 0 Å². The van der Waals surface area contributed by atoms with Crippen LogP contribution in [0.3, 0.4) is 0 Å². The predicted molar refractivity (Wildman–Crippen MR) is 68.0 cm³/mol. The summed E-state index contributed by atoms with van der Waals surface area (Å²) in [6.07, 6.45) is 1.89. The summed E-state index contributed by atoms with van der Waals surface area (Å²) in [5, 5.41) is 6.71. The van der Waals surface area contributed by atoms with Crippen molar-refractivity contribution >= 4 is 27.5 Å². The van der Waals surface area contributed by atoms with Gasteiger partial charge in [-0.1, -0.05) is 36.4 Å². The molecule has 0 spiro atoms. The molecular formula is C14H9N3. The fraction of sp³-hybridized carbons (Fsp3) is 0. The first-order valence-electron chi connectivity index (χ1n) is 5.55. The van der Waals surface area contributed by atoms with E-state index in [1.807, 2.05) is 47.1 Å². The Labute approximate surface area is 97.3 Å². The Hall–Kier alpha value is -2.42. The first kappa shape index (κ1) is 8.70. The van der Waals surface area contributed by atoms with Gasteiger partial charge in [0.05, 0.1) is 17.2 Å². The smallest absolute Gasteiger partial charge is 0.162 e. The highest BCUT2D eigenvalue weighted by atomic mass is 15.2. The van der Waals surface area contributed by atoms with Gasteiger partial charge in [0, 0.05) is 10.8 Å². The van der Waals surface area contributed by atoms with Gasteiger partial charge in [0.2, 0.25) is 0 Å². The van der Waals surface area contributed by atoms with Crippen molar-refractivity contribution in [2.24, 2.45) is 0 Å². The van der Waals surface area contributed by atoms with Crippen molar-refractivity contribution in [1.29, 1.82) is 0 Å². The molecule has 17 heavy (non-hydrogen) atoms. The molecule has 0 N–H and O–H groups in total. The molecule has 0 amide bonds. The summed E-state index contributed by atoms with van der Waals surface area (Å²) in [5.74, 6) is 0. The Morgan fingerprint density at radius 3 is 2.71 bits per heavy atom. The standard InChI is InChI=1S/C14H9N3/c1-2-6-11-10(5-1)9-15-17-13-8-4-3-7-12(13)16-14(11)17/h1-9H. The van der Waals surface area contributed by atoms with E-state index in [9.17, 15) is 0 Å². The van der Waals surface area contributed by atoms with Crippen molar-refractivity contribution in [1.82, 2.24) is 14.6 Å². The number of benzene rings is 2. The molecule has 80 valence electrons. The number of aromatic nitrogens is 3. The molecule has 0 atom stereocenters. The topological polar surface area (TPSA) is 30.2 Å². The molecule has 0 aliphatic rings. The molecule has 0 bridgehead atoms. The van der Waals surface area contributed by atoms with Gasteiger partial charge in [0.1, 0.15) is 0 Å². The van der Waals surface area contributed by atoms with Crippen LogP contribution in [-0.4, -0.2) is 14.6 Å². The fourth-order valence-corrected chi connectivity index (χ4v) is 2.24. The second-order valence-electron chi connectivity index (χ2n) is 4.07. The molecule has 0 fully saturated rings. The Bertz CT molecular complexity index is 846. The maximum atomic E-state index is 4.64. The van der Waals surface area contributed by atoms with Crippen LogP contribution in [-0.2, 0) is 0 Å². The van der Waals surface area contributed by atoms with Crippen LogP contribution < -0.4 is 0 Å². The summed E-state index contributed by atoms with van der Waals surface area (Å²) in [7, 11) is 0. The summed E-state index contributed by atoms with van der Waals surface area (Å²) in [6, 6.07) is 16.2. The van der Waals surface area contributed by atoms with Crippen LogP contribution in [0, 0.1) is 0 Å². The van der Waals surface area contributed by atoms with Crippen molar-refractivity contribution < 1.29 is 0 Å². The third-order valence-corrected chi connectivity index (χ3v) is 3.05. The lowest BCUT2D eigenvalue weighted by Crippen LogP contribution is -1.91. The van der Waals surface area contributed by atoms with Crippen molar-refractivity contribution in [3.63, 3.8) is 0 Å². The van der Waals surface area contributed by atoms with Crippen LogP contribution in [0.1, 0.15) is 0 Å². The highest BCUT2D eigenvalue weighted by Crippen LogP contribution is 2.21. The second-order valence-corrected chi connectivity index (χ2v) is 4.07. The quantitative estimate of drug-likeness (QED) is 0.455. The molecular weight excluding hydrogens is 210 g/mol. The van der Waals surface area contributed by atoms with E-state index in [1.54, 1.807) is 0 Å². The number of nitrogens with zero attached hydrogens (tertiary/aromatic N) is 3. The minimum atomic E-state index is 0.921. The molecule has 0 saturated carbocycles. The number of fused-ring (bicyclic) bond motifs is 5. The third kappa shape index (κ3) is 1.11. The van der Waals surface area contributed by atoms with Gasteiger partial charge in [-0.25, -0.2) is 9.50 Å². The largest absolute Gasteiger partial charge is 0.226 e. The molecule has 2 aromatic heterocycles. The predicted octanol–water partition coefficient (Wildman–Crippen LogP) is 3.04. The normalized spacial score (nSPS) is 11.5. The zero-order valence-electron chi connectivity index (χ0n) is 9.04. The van der Waals surface area contributed by atoms with Crippen LogP contribution in [0.15, 0.2) is 54.7 Å². The zero-order valence-corrected chi connectivity index (χ0v) is 9.04. The van der Waals surface area contributed by atoms with E-state index >= 15 is 0 Å². The van der Waals surface area contributed by atoms with Gasteiger partial charge in [0.15, 0.2) is 5.65 Å². The van der Waals surface area contributed by atoms with Crippen LogP contribution in [0.5, 0.6) is 0 Å². The molecule has 2 heterocycles. The fourth-order valence-electron chi connectivity index (χ4n) is 2.24. The molecule has 0 unspecified atom stereocenters. The molecule has 0 saturated heterocycles. The summed E-state index contributed by atoms with van der Waals surface area (Å²) < 4.78 is 1.90. The summed E-state index contributed by atoms with van der Waals surface area (Å²) in [4.78, 5) is 4.64.